The molecule has 1 aliphatic heterocycles. The highest BCUT2D eigenvalue weighted by molar-refractivity contribution is 9.10. The van der Waals surface area contributed by atoms with Crippen molar-refractivity contribution in [2.75, 3.05) is 0 Å². The van der Waals surface area contributed by atoms with Crippen molar-refractivity contribution in [3.05, 3.63) is 103 Å². The maximum atomic E-state index is 12.7. The highest BCUT2D eigenvalue weighted by Crippen LogP contribution is 2.35. The molecule has 0 N–H and O–H groups in total. The Labute approximate surface area is 208 Å². The van der Waals surface area contributed by atoms with Crippen LogP contribution in [-0.4, -0.2) is 16.0 Å². The van der Waals surface area contributed by atoms with Crippen LogP contribution in [0.2, 0.25) is 10.0 Å². The SMILES string of the molecule is O=C1S/C(=C/c2ccc(OCc3ccc(Cl)cc3Cl)c(Br)c2)C(=O)N1Cc1ccccc1. The quantitative estimate of drug-likeness (QED) is 0.298. The van der Waals surface area contributed by atoms with Gasteiger partial charge in [0.05, 0.1) is 15.9 Å². The van der Waals surface area contributed by atoms with Crippen molar-refractivity contribution in [3.63, 3.8) is 0 Å². The predicted molar refractivity (Wildman–Crippen MR) is 133 cm³/mol. The molecule has 1 heterocycles. The maximum absolute atomic E-state index is 12.7. The lowest BCUT2D eigenvalue weighted by Crippen LogP contribution is -2.27. The molecule has 0 atom stereocenters. The van der Waals surface area contributed by atoms with E-state index in [1.54, 1.807) is 24.3 Å². The molecule has 0 unspecified atom stereocenters. The van der Waals surface area contributed by atoms with E-state index in [1.807, 2.05) is 48.5 Å². The summed E-state index contributed by atoms with van der Waals surface area (Å²) in [6.45, 7) is 0.541. The van der Waals surface area contributed by atoms with Crippen molar-refractivity contribution >= 4 is 68.1 Å². The second-order valence-electron chi connectivity index (χ2n) is 6.97. The summed E-state index contributed by atoms with van der Waals surface area (Å²) in [6, 6.07) is 20.1. The minimum Gasteiger partial charge on any atom is -0.488 e. The van der Waals surface area contributed by atoms with E-state index in [0.717, 1.165) is 32.9 Å². The molecular weight excluding hydrogens is 533 g/mol. The first kappa shape index (κ1) is 22.9. The van der Waals surface area contributed by atoms with E-state index in [9.17, 15) is 9.59 Å². The molecule has 0 saturated carbocycles. The largest absolute Gasteiger partial charge is 0.488 e. The van der Waals surface area contributed by atoms with E-state index in [0.29, 0.717) is 20.7 Å². The summed E-state index contributed by atoms with van der Waals surface area (Å²) in [5.74, 6) is 0.336. The lowest BCUT2D eigenvalue weighted by molar-refractivity contribution is -0.123. The van der Waals surface area contributed by atoms with Gasteiger partial charge in [-0.1, -0.05) is 65.7 Å². The van der Waals surface area contributed by atoms with Gasteiger partial charge in [0, 0.05) is 15.6 Å². The zero-order valence-corrected chi connectivity index (χ0v) is 20.5. The number of imide groups is 1. The fourth-order valence-corrected chi connectivity index (χ4v) is 4.88. The lowest BCUT2D eigenvalue weighted by atomic mass is 10.2. The summed E-state index contributed by atoms with van der Waals surface area (Å²) >= 11 is 16.6. The fourth-order valence-electron chi connectivity index (χ4n) is 3.07. The first-order valence-corrected chi connectivity index (χ1v) is 11.9. The molecule has 1 saturated heterocycles. The monoisotopic (exact) mass is 547 g/mol. The number of rotatable bonds is 6. The number of ether oxygens (including phenoxy) is 1. The van der Waals surface area contributed by atoms with Crippen LogP contribution in [0, 0.1) is 0 Å². The number of carbonyl (C=O) groups excluding carboxylic acids is 2. The number of nitrogens with zero attached hydrogens (tertiary/aromatic N) is 1. The third-order valence-electron chi connectivity index (χ3n) is 4.71. The summed E-state index contributed by atoms with van der Waals surface area (Å²) in [5.41, 5.74) is 2.50. The van der Waals surface area contributed by atoms with E-state index < -0.39 is 0 Å². The van der Waals surface area contributed by atoms with Gasteiger partial charge in [0.25, 0.3) is 11.1 Å². The van der Waals surface area contributed by atoms with Crippen LogP contribution >= 0.6 is 50.9 Å². The van der Waals surface area contributed by atoms with Gasteiger partial charge in [-0.3, -0.25) is 14.5 Å². The zero-order chi connectivity index (χ0) is 22.7. The number of carbonyl (C=O) groups is 2. The highest BCUT2D eigenvalue weighted by atomic mass is 79.9. The topological polar surface area (TPSA) is 46.6 Å². The number of amides is 2. The summed E-state index contributed by atoms with van der Waals surface area (Å²) in [6.07, 6.45) is 1.71. The second-order valence-corrected chi connectivity index (χ2v) is 9.66. The third-order valence-corrected chi connectivity index (χ3v) is 6.82. The van der Waals surface area contributed by atoms with E-state index in [1.165, 1.54) is 4.90 Å². The standard InChI is InChI=1S/C24H16BrCl2NO3S/c25-19-10-16(6-9-21(19)31-14-17-7-8-18(26)12-20(17)27)11-22-23(29)28(24(30)32-22)13-15-4-2-1-3-5-15/h1-12H,13-14H2/b22-11+. The van der Waals surface area contributed by atoms with Crippen molar-refractivity contribution < 1.29 is 14.3 Å². The fraction of sp³-hybridized carbons (Fsp3) is 0.0833. The summed E-state index contributed by atoms with van der Waals surface area (Å²) in [7, 11) is 0. The molecule has 0 bridgehead atoms. The number of halogens is 3. The lowest BCUT2D eigenvalue weighted by Gasteiger charge is -2.12. The van der Waals surface area contributed by atoms with Gasteiger partial charge in [0.15, 0.2) is 0 Å². The molecular formula is C24H16BrCl2NO3S. The normalized spacial score (nSPS) is 15.0. The smallest absolute Gasteiger partial charge is 0.293 e. The molecule has 4 nitrogen and oxygen atoms in total. The Morgan fingerprint density at radius 3 is 2.50 bits per heavy atom. The number of benzene rings is 3. The van der Waals surface area contributed by atoms with E-state index in [2.05, 4.69) is 15.9 Å². The van der Waals surface area contributed by atoms with Crippen molar-refractivity contribution in [3.8, 4) is 5.75 Å². The molecule has 0 aromatic heterocycles. The maximum Gasteiger partial charge on any atom is 0.293 e. The van der Waals surface area contributed by atoms with Crippen molar-refractivity contribution in [2.45, 2.75) is 13.2 Å². The molecule has 32 heavy (non-hydrogen) atoms. The third kappa shape index (κ3) is 5.38. The van der Waals surface area contributed by atoms with Crippen LogP contribution < -0.4 is 4.74 Å². The van der Waals surface area contributed by atoms with Crippen molar-refractivity contribution in [1.82, 2.24) is 4.90 Å². The van der Waals surface area contributed by atoms with Crippen LogP contribution in [0.1, 0.15) is 16.7 Å². The summed E-state index contributed by atoms with van der Waals surface area (Å²) in [5, 5.41) is 0.831. The van der Waals surface area contributed by atoms with E-state index in [4.69, 9.17) is 27.9 Å². The number of hydrogen-bond acceptors (Lipinski definition) is 4. The van der Waals surface area contributed by atoms with Gasteiger partial charge in [-0.15, -0.1) is 0 Å². The Morgan fingerprint density at radius 2 is 1.78 bits per heavy atom. The molecule has 1 fully saturated rings. The molecule has 4 rings (SSSR count). The molecule has 0 spiro atoms. The molecule has 8 heteroatoms. The first-order chi connectivity index (χ1) is 15.4. The Hall–Kier alpha value is -2.25. The summed E-state index contributed by atoms with van der Waals surface area (Å²) in [4.78, 5) is 26.8. The van der Waals surface area contributed by atoms with Crippen LogP contribution in [0.4, 0.5) is 4.79 Å². The minimum absolute atomic E-state index is 0.257. The molecule has 0 radical (unpaired) electrons. The van der Waals surface area contributed by atoms with Gasteiger partial charge in [0.1, 0.15) is 12.4 Å². The molecule has 162 valence electrons. The van der Waals surface area contributed by atoms with Crippen molar-refractivity contribution in [1.29, 1.82) is 0 Å². The molecule has 1 aliphatic rings. The van der Waals surface area contributed by atoms with Gasteiger partial charge in [-0.2, -0.15) is 0 Å². The van der Waals surface area contributed by atoms with E-state index in [-0.39, 0.29) is 24.3 Å². The second kappa shape index (κ2) is 10.1. The Morgan fingerprint density at radius 1 is 1.00 bits per heavy atom. The van der Waals surface area contributed by atoms with Gasteiger partial charge < -0.3 is 4.74 Å². The van der Waals surface area contributed by atoms with Crippen LogP contribution in [0.5, 0.6) is 5.75 Å². The molecule has 2 amide bonds. The van der Waals surface area contributed by atoms with Crippen LogP contribution in [-0.2, 0) is 17.9 Å². The first-order valence-electron chi connectivity index (χ1n) is 9.56. The minimum atomic E-state index is -0.294. The molecule has 3 aromatic rings. The zero-order valence-electron chi connectivity index (χ0n) is 16.6. The average Bonchev–Trinajstić information content (AvgIpc) is 3.02. The average molecular weight is 549 g/mol. The van der Waals surface area contributed by atoms with E-state index >= 15 is 0 Å². The predicted octanol–water partition coefficient (Wildman–Crippen LogP) is 7.57. The highest BCUT2D eigenvalue weighted by Gasteiger charge is 2.34. The Bertz CT molecular complexity index is 1220. The van der Waals surface area contributed by atoms with Crippen LogP contribution in [0.15, 0.2) is 76.1 Å². The molecule has 3 aromatic carbocycles. The number of thioether (sulfide) groups is 1. The van der Waals surface area contributed by atoms with Crippen molar-refractivity contribution in [2.24, 2.45) is 0 Å². The Kier molecular flexibility index (Phi) is 7.26. The van der Waals surface area contributed by atoms with Crippen LogP contribution in [0.3, 0.4) is 0 Å². The molecule has 0 aliphatic carbocycles. The van der Waals surface area contributed by atoms with Gasteiger partial charge in [-0.25, -0.2) is 0 Å². The van der Waals surface area contributed by atoms with Gasteiger partial charge >= 0.3 is 0 Å². The number of hydrogen-bond donors (Lipinski definition) is 0. The van der Waals surface area contributed by atoms with Gasteiger partial charge in [-0.05, 0) is 69.2 Å². The summed E-state index contributed by atoms with van der Waals surface area (Å²) < 4.78 is 6.58. The van der Waals surface area contributed by atoms with Gasteiger partial charge in [0.2, 0.25) is 0 Å². The Balaban J connectivity index is 1.45. The van der Waals surface area contributed by atoms with Crippen LogP contribution in [0.25, 0.3) is 6.08 Å².